The van der Waals surface area contributed by atoms with E-state index in [1.165, 1.54) is 77.3 Å². The number of nitrogens with zero attached hydrogens (tertiary/aromatic N) is 1. The van der Waals surface area contributed by atoms with Gasteiger partial charge in [-0.2, -0.15) is 0 Å². The van der Waals surface area contributed by atoms with E-state index < -0.39 is 0 Å². The van der Waals surface area contributed by atoms with Gasteiger partial charge in [0.1, 0.15) is 0 Å². The van der Waals surface area contributed by atoms with Gasteiger partial charge in [0.15, 0.2) is 0 Å². The molecule has 1 saturated carbocycles. The molecule has 0 spiro atoms. The van der Waals surface area contributed by atoms with Crippen molar-refractivity contribution in [2.24, 2.45) is 17.6 Å². The van der Waals surface area contributed by atoms with Crippen molar-refractivity contribution in [1.82, 2.24) is 4.90 Å². The highest BCUT2D eigenvalue weighted by molar-refractivity contribution is 4.89. The Morgan fingerprint density at radius 1 is 1.11 bits per heavy atom. The maximum Gasteiger partial charge on any atom is 0.0124 e. The van der Waals surface area contributed by atoms with Crippen LogP contribution >= 0.6 is 0 Å². The van der Waals surface area contributed by atoms with Gasteiger partial charge in [-0.1, -0.05) is 32.6 Å². The Balaban J connectivity index is 1.67. The first kappa shape index (κ1) is 15.3. The van der Waals surface area contributed by atoms with E-state index in [-0.39, 0.29) is 0 Å². The van der Waals surface area contributed by atoms with E-state index in [0.29, 0.717) is 0 Å². The van der Waals surface area contributed by atoms with E-state index in [1.807, 2.05) is 0 Å². The highest BCUT2D eigenvalue weighted by Crippen LogP contribution is 2.36. The average Bonchev–Trinajstić information content (AvgIpc) is 2.83. The van der Waals surface area contributed by atoms with Crippen molar-refractivity contribution in [2.45, 2.75) is 77.2 Å². The number of nitrogens with two attached hydrogens (primary N) is 1. The fraction of sp³-hybridized carbons (Fsp3) is 1.00. The lowest BCUT2D eigenvalue weighted by Gasteiger charge is -2.32. The molecule has 2 N–H and O–H groups in total. The van der Waals surface area contributed by atoms with Gasteiger partial charge in [-0.15, -0.1) is 0 Å². The summed E-state index contributed by atoms with van der Waals surface area (Å²) < 4.78 is 0. The van der Waals surface area contributed by atoms with Crippen LogP contribution < -0.4 is 5.73 Å². The molecule has 2 fully saturated rings. The molecule has 2 nitrogen and oxygen atoms in total. The van der Waals surface area contributed by atoms with Gasteiger partial charge in [0.25, 0.3) is 0 Å². The van der Waals surface area contributed by atoms with E-state index >= 15 is 0 Å². The Kier molecular flexibility index (Phi) is 6.66. The van der Waals surface area contributed by atoms with Crippen molar-refractivity contribution >= 4 is 0 Å². The summed E-state index contributed by atoms with van der Waals surface area (Å²) in [5, 5.41) is 0. The first-order valence-electron chi connectivity index (χ1n) is 8.79. The highest BCUT2D eigenvalue weighted by atomic mass is 15.2. The molecule has 2 rings (SSSR count). The Labute approximate surface area is 120 Å². The maximum absolute atomic E-state index is 5.73. The third-order valence-electron chi connectivity index (χ3n) is 5.45. The van der Waals surface area contributed by atoms with Gasteiger partial charge in [0.2, 0.25) is 0 Å². The van der Waals surface area contributed by atoms with E-state index in [2.05, 4.69) is 11.8 Å². The molecule has 0 bridgehead atoms. The minimum absolute atomic E-state index is 0.874. The van der Waals surface area contributed by atoms with E-state index in [1.54, 1.807) is 0 Å². The Morgan fingerprint density at radius 3 is 2.74 bits per heavy atom. The van der Waals surface area contributed by atoms with Crippen LogP contribution in [0.1, 0.15) is 71.1 Å². The number of hydrogen-bond acceptors (Lipinski definition) is 2. The molecule has 0 aromatic heterocycles. The fourth-order valence-electron chi connectivity index (χ4n) is 4.44. The summed E-state index contributed by atoms with van der Waals surface area (Å²) in [5.74, 6) is 1.93. The van der Waals surface area contributed by atoms with Gasteiger partial charge < -0.3 is 10.6 Å². The molecule has 0 radical (unpaired) electrons. The maximum atomic E-state index is 5.73. The van der Waals surface area contributed by atoms with Crippen molar-refractivity contribution in [2.75, 3.05) is 19.6 Å². The third-order valence-corrected chi connectivity index (χ3v) is 5.45. The van der Waals surface area contributed by atoms with Gasteiger partial charge in [-0.3, -0.25) is 0 Å². The number of likely N-dealkylation sites (tertiary alicyclic amines) is 1. The van der Waals surface area contributed by atoms with Crippen LogP contribution in [0.25, 0.3) is 0 Å². The predicted molar refractivity (Wildman–Crippen MR) is 83.2 cm³/mol. The molecular weight excluding hydrogens is 232 g/mol. The molecule has 1 saturated heterocycles. The minimum Gasteiger partial charge on any atom is -0.330 e. The first-order valence-corrected chi connectivity index (χ1v) is 8.79. The van der Waals surface area contributed by atoms with E-state index in [0.717, 1.165) is 24.4 Å². The van der Waals surface area contributed by atoms with Crippen LogP contribution in [0.2, 0.25) is 0 Å². The van der Waals surface area contributed by atoms with Crippen LogP contribution in [0.4, 0.5) is 0 Å². The van der Waals surface area contributed by atoms with Crippen LogP contribution in [0.15, 0.2) is 0 Å². The summed E-state index contributed by atoms with van der Waals surface area (Å²) in [6, 6.07) is 0.952. The normalized spacial score (nSPS) is 29.4. The molecule has 3 unspecified atom stereocenters. The topological polar surface area (TPSA) is 29.3 Å². The lowest BCUT2D eigenvalue weighted by atomic mass is 9.85. The molecule has 0 aromatic carbocycles. The van der Waals surface area contributed by atoms with Gasteiger partial charge in [-0.25, -0.2) is 0 Å². The molecule has 112 valence electrons. The highest BCUT2D eigenvalue weighted by Gasteiger charge is 2.34. The first-order chi connectivity index (χ1) is 9.35. The molecule has 2 heteroatoms. The van der Waals surface area contributed by atoms with Gasteiger partial charge in [0.05, 0.1) is 0 Å². The van der Waals surface area contributed by atoms with Gasteiger partial charge in [0, 0.05) is 6.04 Å². The SMILES string of the molecule is CCCC(CCN)CCCN1CCC2CCCCC21. The Morgan fingerprint density at radius 2 is 1.95 bits per heavy atom. The second-order valence-corrected chi connectivity index (χ2v) is 6.81. The Hall–Kier alpha value is -0.0800. The largest absolute Gasteiger partial charge is 0.330 e. The summed E-state index contributed by atoms with van der Waals surface area (Å²) in [6.45, 7) is 5.91. The lowest BCUT2D eigenvalue weighted by molar-refractivity contribution is 0.176. The van der Waals surface area contributed by atoms with Gasteiger partial charge >= 0.3 is 0 Å². The molecule has 1 aliphatic heterocycles. The average molecular weight is 266 g/mol. The molecular formula is C17H34N2. The fourth-order valence-corrected chi connectivity index (χ4v) is 4.44. The summed E-state index contributed by atoms with van der Waals surface area (Å²) in [4.78, 5) is 2.81. The van der Waals surface area contributed by atoms with Crippen LogP contribution in [-0.4, -0.2) is 30.6 Å². The minimum atomic E-state index is 0.874. The zero-order valence-corrected chi connectivity index (χ0v) is 12.9. The van der Waals surface area contributed by atoms with Crippen molar-refractivity contribution < 1.29 is 0 Å². The monoisotopic (exact) mass is 266 g/mol. The predicted octanol–water partition coefficient (Wildman–Crippen LogP) is 3.80. The summed E-state index contributed by atoms with van der Waals surface area (Å²) >= 11 is 0. The number of fused-ring (bicyclic) bond motifs is 1. The molecule has 19 heavy (non-hydrogen) atoms. The molecule has 2 aliphatic rings. The van der Waals surface area contributed by atoms with Crippen LogP contribution in [0.5, 0.6) is 0 Å². The lowest BCUT2D eigenvalue weighted by Crippen LogP contribution is -2.35. The van der Waals surface area contributed by atoms with Crippen molar-refractivity contribution in [1.29, 1.82) is 0 Å². The third kappa shape index (κ3) is 4.46. The second kappa shape index (κ2) is 8.26. The zero-order chi connectivity index (χ0) is 13.5. The number of hydrogen-bond donors (Lipinski definition) is 1. The molecule has 1 heterocycles. The van der Waals surface area contributed by atoms with Crippen LogP contribution in [0, 0.1) is 11.8 Å². The zero-order valence-electron chi connectivity index (χ0n) is 12.9. The van der Waals surface area contributed by atoms with Crippen LogP contribution in [0.3, 0.4) is 0 Å². The smallest absolute Gasteiger partial charge is 0.0124 e. The van der Waals surface area contributed by atoms with Crippen molar-refractivity contribution in [3.8, 4) is 0 Å². The summed E-state index contributed by atoms with van der Waals surface area (Å²) in [5.41, 5.74) is 5.73. The quantitative estimate of drug-likeness (QED) is 0.724. The molecule has 0 aromatic rings. The summed E-state index contributed by atoms with van der Waals surface area (Å²) in [6.07, 6.45) is 14.2. The second-order valence-electron chi connectivity index (χ2n) is 6.81. The van der Waals surface area contributed by atoms with Crippen molar-refractivity contribution in [3.63, 3.8) is 0 Å². The molecule has 0 amide bonds. The standard InChI is InChI=1S/C17H34N2/c1-2-6-15(10-12-18)7-5-13-19-14-11-16-8-3-4-9-17(16)19/h15-17H,2-14,18H2,1H3. The van der Waals surface area contributed by atoms with E-state index in [9.17, 15) is 0 Å². The van der Waals surface area contributed by atoms with E-state index in [4.69, 9.17) is 5.73 Å². The van der Waals surface area contributed by atoms with Crippen LogP contribution in [-0.2, 0) is 0 Å². The van der Waals surface area contributed by atoms with Crippen molar-refractivity contribution in [3.05, 3.63) is 0 Å². The van der Waals surface area contributed by atoms with Gasteiger partial charge in [-0.05, 0) is 70.0 Å². The Bertz CT molecular complexity index is 235. The molecule has 3 atom stereocenters. The summed E-state index contributed by atoms with van der Waals surface area (Å²) in [7, 11) is 0. The molecule has 1 aliphatic carbocycles. The number of rotatable bonds is 8.